The number of carbonyl (C=O) groups excluding carboxylic acids is 1. The Morgan fingerprint density at radius 2 is 2.17 bits per heavy atom. The van der Waals surface area contributed by atoms with E-state index in [9.17, 15) is 9.18 Å². The number of fused-ring (bicyclic) bond motifs is 1. The lowest BCUT2D eigenvalue weighted by Crippen LogP contribution is -2.25. The van der Waals surface area contributed by atoms with E-state index in [-0.39, 0.29) is 17.5 Å². The number of hydrogen-bond acceptors (Lipinski definition) is 4. The first-order valence-electron chi connectivity index (χ1n) is 7.75. The first-order valence-corrected chi connectivity index (χ1v) is 7.75. The molecule has 2 aromatic rings. The second-order valence-electron chi connectivity index (χ2n) is 6.07. The SMILES string of the molecule is COC(=O)[C@H]1CC[C@H](Cn2ncc3cc(C#N)c(F)cc32)CC1. The summed E-state index contributed by atoms with van der Waals surface area (Å²) in [4.78, 5) is 11.6. The van der Waals surface area contributed by atoms with Crippen molar-refractivity contribution in [3.63, 3.8) is 0 Å². The molecule has 0 N–H and O–H groups in total. The van der Waals surface area contributed by atoms with Gasteiger partial charge in [-0.05, 0) is 37.7 Å². The molecule has 0 unspecified atom stereocenters. The topological polar surface area (TPSA) is 67.9 Å². The zero-order chi connectivity index (χ0) is 16.4. The maximum absolute atomic E-state index is 13.8. The van der Waals surface area contributed by atoms with E-state index < -0.39 is 5.82 Å². The Hall–Kier alpha value is -2.42. The van der Waals surface area contributed by atoms with Gasteiger partial charge in [-0.25, -0.2) is 4.39 Å². The smallest absolute Gasteiger partial charge is 0.308 e. The number of nitrogens with zero attached hydrogens (tertiary/aromatic N) is 3. The van der Waals surface area contributed by atoms with Gasteiger partial charge in [0.25, 0.3) is 0 Å². The van der Waals surface area contributed by atoms with Crippen LogP contribution in [-0.4, -0.2) is 22.9 Å². The molecule has 1 aromatic carbocycles. The molecule has 0 bridgehead atoms. The summed E-state index contributed by atoms with van der Waals surface area (Å²) in [6, 6.07) is 4.75. The number of esters is 1. The summed E-state index contributed by atoms with van der Waals surface area (Å²) in [7, 11) is 1.42. The van der Waals surface area contributed by atoms with Crippen molar-refractivity contribution in [2.24, 2.45) is 11.8 Å². The van der Waals surface area contributed by atoms with Gasteiger partial charge in [-0.15, -0.1) is 0 Å². The molecule has 1 heterocycles. The highest BCUT2D eigenvalue weighted by atomic mass is 19.1. The highest BCUT2D eigenvalue weighted by molar-refractivity contribution is 5.80. The minimum Gasteiger partial charge on any atom is -0.469 e. The zero-order valence-electron chi connectivity index (χ0n) is 13.0. The standard InChI is InChI=1S/C17H18FN3O2/c1-23-17(22)12-4-2-11(3-5-12)10-21-16-7-15(18)13(8-19)6-14(16)9-20-21/h6-7,9,11-12H,2-5,10H2,1H3/t11-,12-. The number of ether oxygens (including phenoxy) is 1. The third kappa shape index (κ3) is 3.04. The molecule has 0 atom stereocenters. The van der Waals surface area contributed by atoms with E-state index in [1.54, 1.807) is 10.9 Å². The Morgan fingerprint density at radius 3 is 2.83 bits per heavy atom. The lowest BCUT2D eigenvalue weighted by molar-refractivity contribution is -0.146. The number of nitriles is 1. The van der Waals surface area contributed by atoms with Crippen molar-refractivity contribution in [1.82, 2.24) is 9.78 Å². The molecule has 0 radical (unpaired) electrons. The molecule has 1 aliphatic carbocycles. The molecule has 1 saturated carbocycles. The van der Waals surface area contributed by atoms with Gasteiger partial charge in [0.2, 0.25) is 0 Å². The molecule has 0 amide bonds. The van der Waals surface area contributed by atoms with Gasteiger partial charge in [0.1, 0.15) is 11.9 Å². The minimum atomic E-state index is -0.517. The van der Waals surface area contributed by atoms with Gasteiger partial charge in [0, 0.05) is 18.0 Å². The summed E-state index contributed by atoms with van der Waals surface area (Å²) >= 11 is 0. The molecule has 23 heavy (non-hydrogen) atoms. The van der Waals surface area contributed by atoms with Crippen molar-refractivity contribution in [3.05, 3.63) is 29.7 Å². The fourth-order valence-corrected chi connectivity index (χ4v) is 3.32. The van der Waals surface area contributed by atoms with Crippen LogP contribution in [0.15, 0.2) is 18.3 Å². The number of hydrogen-bond donors (Lipinski definition) is 0. The first kappa shape index (κ1) is 15.5. The fourth-order valence-electron chi connectivity index (χ4n) is 3.32. The molecule has 0 aliphatic heterocycles. The van der Waals surface area contributed by atoms with Gasteiger partial charge in [-0.1, -0.05) is 0 Å². The van der Waals surface area contributed by atoms with Gasteiger partial charge in [-0.3, -0.25) is 9.48 Å². The largest absolute Gasteiger partial charge is 0.469 e. The van der Waals surface area contributed by atoms with Crippen LogP contribution in [0.4, 0.5) is 4.39 Å². The second kappa shape index (κ2) is 6.37. The molecule has 6 heteroatoms. The van der Waals surface area contributed by atoms with Crippen molar-refractivity contribution in [1.29, 1.82) is 5.26 Å². The van der Waals surface area contributed by atoms with Crippen molar-refractivity contribution >= 4 is 16.9 Å². The average molecular weight is 315 g/mol. The predicted molar refractivity (Wildman–Crippen MR) is 81.9 cm³/mol. The van der Waals surface area contributed by atoms with Crippen LogP contribution in [0.2, 0.25) is 0 Å². The summed E-state index contributed by atoms with van der Waals surface area (Å²) in [5.41, 5.74) is 0.743. The maximum Gasteiger partial charge on any atom is 0.308 e. The summed E-state index contributed by atoms with van der Waals surface area (Å²) in [6.07, 6.45) is 5.17. The van der Waals surface area contributed by atoms with Gasteiger partial charge in [0.15, 0.2) is 0 Å². The van der Waals surface area contributed by atoms with Crippen LogP contribution in [0.25, 0.3) is 10.9 Å². The van der Waals surface area contributed by atoms with Crippen molar-refractivity contribution in [2.75, 3.05) is 7.11 Å². The van der Waals surface area contributed by atoms with E-state index in [1.807, 2.05) is 6.07 Å². The number of methoxy groups -OCH3 is 1. The number of benzene rings is 1. The molecule has 1 aliphatic rings. The van der Waals surface area contributed by atoms with E-state index in [0.29, 0.717) is 18.0 Å². The van der Waals surface area contributed by atoms with E-state index in [0.717, 1.165) is 31.1 Å². The van der Waals surface area contributed by atoms with E-state index in [4.69, 9.17) is 10.00 Å². The highest BCUT2D eigenvalue weighted by Crippen LogP contribution is 2.31. The van der Waals surface area contributed by atoms with Crippen molar-refractivity contribution in [3.8, 4) is 6.07 Å². The summed E-state index contributed by atoms with van der Waals surface area (Å²) < 4.78 is 20.4. The monoisotopic (exact) mass is 315 g/mol. The van der Waals surface area contributed by atoms with E-state index in [2.05, 4.69) is 5.10 Å². The Labute approximate surface area is 133 Å². The Balaban J connectivity index is 1.72. The molecule has 3 rings (SSSR count). The molecular formula is C17H18FN3O2. The molecular weight excluding hydrogens is 297 g/mol. The number of halogens is 1. The molecule has 0 spiro atoms. The third-order valence-electron chi connectivity index (χ3n) is 4.66. The summed E-state index contributed by atoms with van der Waals surface area (Å²) in [5.74, 6) is -0.228. The lowest BCUT2D eigenvalue weighted by Gasteiger charge is -2.26. The van der Waals surface area contributed by atoms with Crippen LogP contribution in [-0.2, 0) is 16.1 Å². The fraction of sp³-hybridized carbons (Fsp3) is 0.471. The Bertz CT molecular complexity index is 770. The van der Waals surface area contributed by atoms with Gasteiger partial charge < -0.3 is 4.74 Å². The number of aromatic nitrogens is 2. The zero-order valence-corrected chi connectivity index (χ0v) is 13.0. The minimum absolute atomic E-state index is 0.00115. The summed E-state index contributed by atoms with van der Waals surface area (Å²) in [5, 5.41) is 14.0. The van der Waals surface area contributed by atoms with Gasteiger partial charge in [0.05, 0.1) is 30.3 Å². The Kier molecular flexibility index (Phi) is 4.28. The quantitative estimate of drug-likeness (QED) is 0.817. The van der Waals surface area contributed by atoms with Crippen molar-refractivity contribution < 1.29 is 13.9 Å². The number of rotatable bonds is 3. The first-order chi connectivity index (χ1) is 11.1. The number of carbonyl (C=O) groups is 1. The van der Waals surface area contributed by atoms with Gasteiger partial charge in [-0.2, -0.15) is 10.4 Å². The Morgan fingerprint density at radius 1 is 1.43 bits per heavy atom. The maximum atomic E-state index is 13.8. The normalized spacial score (nSPS) is 21.1. The van der Waals surface area contributed by atoms with E-state index in [1.165, 1.54) is 19.2 Å². The molecule has 1 fully saturated rings. The molecule has 5 nitrogen and oxygen atoms in total. The average Bonchev–Trinajstić information content (AvgIpc) is 2.96. The van der Waals surface area contributed by atoms with Gasteiger partial charge >= 0.3 is 5.97 Å². The van der Waals surface area contributed by atoms with Crippen LogP contribution in [0.5, 0.6) is 0 Å². The van der Waals surface area contributed by atoms with Crippen LogP contribution in [0.3, 0.4) is 0 Å². The third-order valence-corrected chi connectivity index (χ3v) is 4.66. The highest BCUT2D eigenvalue weighted by Gasteiger charge is 2.27. The second-order valence-corrected chi connectivity index (χ2v) is 6.07. The molecule has 1 aromatic heterocycles. The predicted octanol–water partition coefficient (Wildman–Crippen LogP) is 3.03. The molecule has 0 saturated heterocycles. The summed E-state index contributed by atoms with van der Waals surface area (Å²) in [6.45, 7) is 0.697. The molecule has 120 valence electrons. The van der Waals surface area contributed by atoms with Crippen LogP contribution in [0, 0.1) is 29.0 Å². The lowest BCUT2D eigenvalue weighted by atomic mass is 9.82. The van der Waals surface area contributed by atoms with Crippen LogP contribution >= 0.6 is 0 Å². The van der Waals surface area contributed by atoms with Crippen LogP contribution < -0.4 is 0 Å². The van der Waals surface area contributed by atoms with Crippen LogP contribution in [0.1, 0.15) is 31.2 Å². The van der Waals surface area contributed by atoms with Crippen molar-refractivity contribution in [2.45, 2.75) is 32.2 Å². The van der Waals surface area contributed by atoms with E-state index >= 15 is 0 Å².